The Morgan fingerprint density at radius 3 is 2.76 bits per heavy atom. The van der Waals surface area contributed by atoms with E-state index in [1.165, 1.54) is 11.1 Å². The second kappa shape index (κ2) is 4.90. The lowest BCUT2D eigenvalue weighted by Gasteiger charge is -2.30. The Morgan fingerprint density at radius 2 is 2.10 bits per heavy atom. The van der Waals surface area contributed by atoms with Gasteiger partial charge < -0.3 is 15.4 Å². The topological polar surface area (TPSA) is 45.6 Å². The van der Waals surface area contributed by atoms with Crippen LogP contribution in [0.4, 0.5) is 11.4 Å². The van der Waals surface area contributed by atoms with Crippen molar-refractivity contribution in [3.05, 3.63) is 42.0 Å². The van der Waals surface area contributed by atoms with Crippen LogP contribution in [0.5, 0.6) is 5.75 Å². The smallest absolute Gasteiger partial charge is 0.119 e. The van der Waals surface area contributed by atoms with Crippen LogP contribution < -0.4 is 15.4 Å². The SMILES string of the molecule is COc1cccc(-c2cc3c(c(NC4CNC4)c2)N=C3)c1. The third-order valence-electron chi connectivity index (χ3n) is 4.02. The first kappa shape index (κ1) is 12.4. The maximum absolute atomic E-state index is 5.32. The molecule has 2 N–H and O–H groups in total. The van der Waals surface area contributed by atoms with Crippen molar-refractivity contribution < 1.29 is 4.74 Å². The van der Waals surface area contributed by atoms with Crippen LogP contribution in [0.15, 0.2) is 41.4 Å². The summed E-state index contributed by atoms with van der Waals surface area (Å²) < 4.78 is 5.32. The normalized spacial score (nSPS) is 15.9. The van der Waals surface area contributed by atoms with Gasteiger partial charge in [0, 0.05) is 24.9 Å². The molecule has 2 aromatic carbocycles. The Bertz CT molecular complexity index is 720. The highest BCUT2D eigenvalue weighted by atomic mass is 16.5. The monoisotopic (exact) mass is 279 g/mol. The number of rotatable bonds is 4. The lowest BCUT2D eigenvalue weighted by Crippen LogP contribution is -2.51. The molecule has 2 heterocycles. The van der Waals surface area contributed by atoms with Crippen molar-refractivity contribution in [2.75, 3.05) is 25.5 Å². The van der Waals surface area contributed by atoms with Gasteiger partial charge in [-0.05, 0) is 35.4 Å². The Labute approximate surface area is 123 Å². The number of fused-ring (bicyclic) bond motifs is 1. The largest absolute Gasteiger partial charge is 0.497 e. The predicted octanol–water partition coefficient (Wildman–Crippen LogP) is 2.81. The third-order valence-corrected chi connectivity index (χ3v) is 4.02. The third kappa shape index (κ3) is 2.17. The fraction of sp³-hybridized carbons (Fsp3) is 0.235. The number of methoxy groups -OCH3 is 1. The molecule has 0 bridgehead atoms. The van der Waals surface area contributed by atoms with E-state index in [0.717, 1.165) is 35.8 Å². The minimum atomic E-state index is 0.505. The maximum Gasteiger partial charge on any atom is 0.119 e. The molecule has 1 saturated heterocycles. The highest BCUT2D eigenvalue weighted by molar-refractivity contribution is 6.03. The molecule has 0 amide bonds. The van der Waals surface area contributed by atoms with Gasteiger partial charge in [0.05, 0.1) is 24.5 Å². The van der Waals surface area contributed by atoms with Crippen molar-refractivity contribution >= 4 is 17.6 Å². The number of nitrogens with one attached hydrogen (secondary N) is 2. The van der Waals surface area contributed by atoms with E-state index in [9.17, 15) is 0 Å². The molecule has 0 saturated carbocycles. The summed E-state index contributed by atoms with van der Waals surface area (Å²) in [7, 11) is 1.69. The summed E-state index contributed by atoms with van der Waals surface area (Å²) in [5.41, 5.74) is 5.75. The molecule has 4 heteroatoms. The van der Waals surface area contributed by atoms with E-state index < -0.39 is 0 Å². The van der Waals surface area contributed by atoms with Gasteiger partial charge in [-0.2, -0.15) is 0 Å². The number of ether oxygens (including phenoxy) is 1. The fourth-order valence-electron chi connectivity index (χ4n) is 2.66. The summed E-state index contributed by atoms with van der Waals surface area (Å²) in [6.45, 7) is 2.03. The van der Waals surface area contributed by atoms with Gasteiger partial charge in [-0.15, -0.1) is 0 Å². The summed E-state index contributed by atoms with van der Waals surface area (Å²) in [6.07, 6.45) is 1.92. The molecule has 0 radical (unpaired) electrons. The number of nitrogens with zero attached hydrogens (tertiary/aromatic N) is 1. The second-order valence-corrected chi connectivity index (χ2v) is 5.45. The lowest BCUT2D eigenvalue weighted by molar-refractivity contribution is 0.415. The summed E-state index contributed by atoms with van der Waals surface area (Å²) in [6, 6.07) is 13.0. The van der Waals surface area contributed by atoms with Gasteiger partial charge in [0.1, 0.15) is 5.75 Å². The molecule has 2 aliphatic rings. The van der Waals surface area contributed by atoms with E-state index in [1.54, 1.807) is 7.11 Å². The fourth-order valence-corrected chi connectivity index (χ4v) is 2.66. The zero-order valence-electron chi connectivity index (χ0n) is 11.9. The van der Waals surface area contributed by atoms with Crippen LogP contribution in [0.2, 0.25) is 0 Å². The van der Waals surface area contributed by atoms with Gasteiger partial charge >= 0.3 is 0 Å². The quantitative estimate of drug-likeness (QED) is 0.772. The first-order chi connectivity index (χ1) is 10.3. The van der Waals surface area contributed by atoms with E-state index >= 15 is 0 Å². The van der Waals surface area contributed by atoms with Gasteiger partial charge in [-0.3, -0.25) is 4.99 Å². The van der Waals surface area contributed by atoms with Gasteiger partial charge in [0.15, 0.2) is 0 Å². The van der Waals surface area contributed by atoms with Gasteiger partial charge in [0.2, 0.25) is 0 Å². The molecular formula is C17H17N3O. The second-order valence-electron chi connectivity index (χ2n) is 5.45. The molecule has 1 fully saturated rings. The molecule has 0 aromatic heterocycles. The molecule has 0 spiro atoms. The molecule has 2 aliphatic heterocycles. The minimum absolute atomic E-state index is 0.505. The van der Waals surface area contributed by atoms with E-state index in [0.29, 0.717) is 6.04 Å². The average Bonchev–Trinajstić information content (AvgIpc) is 2.44. The van der Waals surface area contributed by atoms with Crippen LogP contribution in [0.1, 0.15) is 5.56 Å². The highest BCUT2D eigenvalue weighted by Gasteiger charge is 2.21. The highest BCUT2D eigenvalue weighted by Crippen LogP contribution is 2.39. The zero-order valence-corrected chi connectivity index (χ0v) is 11.9. The molecule has 2 aromatic rings. The van der Waals surface area contributed by atoms with Crippen LogP contribution in [-0.4, -0.2) is 32.5 Å². The van der Waals surface area contributed by atoms with Gasteiger partial charge in [0.25, 0.3) is 0 Å². The Balaban J connectivity index is 1.72. The predicted molar refractivity (Wildman–Crippen MR) is 86.0 cm³/mol. The zero-order chi connectivity index (χ0) is 14.2. The Kier molecular flexibility index (Phi) is 2.89. The number of anilines is 1. The van der Waals surface area contributed by atoms with E-state index in [-0.39, 0.29) is 0 Å². The van der Waals surface area contributed by atoms with Crippen molar-refractivity contribution in [2.45, 2.75) is 6.04 Å². The van der Waals surface area contributed by atoms with E-state index in [4.69, 9.17) is 4.74 Å². The van der Waals surface area contributed by atoms with Crippen LogP contribution >= 0.6 is 0 Å². The summed E-state index contributed by atoms with van der Waals surface area (Å²) in [5.74, 6) is 0.876. The van der Waals surface area contributed by atoms with Crippen molar-refractivity contribution in [3.8, 4) is 16.9 Å². The van der Waals surface area contributed by atoms with Crippen LogP contribution in [0.25, 0.3) is 11.1 Å². The number of hydrogen-bond acceptors (Lipinski definition) is 4. The van der Waals surface area contributed by atoms with Crippen LogP contribution in [-0.2, 0) is 0 Å². The van der Waals surface area contributed by atoms with E-state index in [2.05, 4.69) is 39.9 Å². The molecule has 0 aliphatic carbocycles. The Hall–Kier alpha value is -2.33. The van der Waals surface area contributed by atoms with E-state index in [1.807, 2.05) is 18.3 Å². The van der Waals surface area contributed by atoms with Crippen LogP contribution in [0, 0.1) is 0 Å². The average molecular weight is 279 g/mol. The lowest BCUT2D eigenvalue weighted by atomic mass is 9.98. The molecule has 4 nitrogen and oxygen atoms in total. The summed E-state index contributed by atoms with van der Waals surface area (Å²) in [4.78, 5) is 4.38. The molecule has 106 valence electrons. The van der Waals surface area contributed by atoms with Crippen molar-refractivity contribution in [3.63, 3.8) is 0 Å². The minimum Gasteiger partial charge on any atom is -0.497 e. The Morgan fingerprint density at radius 1 is 1.19 bits per heavy atom. The number of benzene rings is 2. The number of hydrogen-bond donors (Lipinski definition) is 2. The van der Waals surface area contributed by atoms with Gasteiger partial charge in [-0.1, -0.05) is 12.1 Å². The number of aliphatic imine (C=N–C) groups is 1. The molecule has 0 atom stereocenters. The maximum atomic E-state index is 5.32. The summed E-state index contributed by atoms with van der Waals surface area (Å²) >= 11 is 0. The molecule has 0 unspecified atom stereocenters. The van der Waals surface area contributed by atoms with Crippen molar-refractivity contribution in [2.24, 2.45) is 4.99 Å². The molecule has 21 heavy (non-hydrogen) atoms. The first-order valence-electron chi connectivity index (χ1n) is 7.17. The van der Waals surface area contributed by atoms with Crippen LogP contribution in [0.3, 0.4) is 0 Å². The summed E-state index contributed by atoms with van der Waals surface area (Å²) in [5, 5.41) is 6.85. The standard InChI is InChI=1S/C17H17N3O/c1-21-15-4-2-3-11(6-15)12-5-13-8-19-17(13)16(7-12)20-14-9-18-10-14/h2-8,14,18,20H,9-10H2,1H3. The van der Waals surface area contributed by atoms with Crippen molar-refractivity contribution in [1.82, 2.24) is 5.32 Å². The first-order valence-corrected chi connectivity index (χ1v) is 7.17. The van der Waals surface area contributed by atoms with Crippen molar-refractivity contribution in [1.29, 1.82) is 0 Å². The molecular weight excluding hydrogens is 262 g/mol. The van der Waals surface area contributed by atoms with Gasteiger partial charge in [-0.25, -0.2) is 0 Å². The molecule has 4 rings (SSSR count).